The molecule has 15 heavy (non-hydrogen) atoms. The summed E-state index contributed by atoms with van der Waals surface area (Å²) in [5, 5.41) is 11.4. The highest BCUT2D eigenvalue weighted by molar-refractivity contribution is 7.92. The van der Waals surface area contributed by atoms with E-state index in [-0.39, 0.29) is 6.61 Å². The Morgan fingerprint density at radius 2 is 1.93 bits per heavy atom. The first-order valence-electron chi connectivity index (χ1n) is 4.78. The molecule has 0 spiro atoms. The van der Waals surface area contributed by atoms with E-state index in [4.69, 9.17) is 5.11 Å². The molecule has 1 unspecified atom stereocenters. The number of aliphatic hydroxyl groups excluding tert-OH is 1. The van der Waals surface area contributed by atoms with E-state index in [1.807, 2.05) is 0 Å². The fraction of sp³-hybridized carbons (Fsp3) is 0.889. The third-order valence-corrected chi connectivity index (χ3v) is 4.56. The van der Waals surface area contributed by atoms with Crippen molar-refractivity contribution in [3.05, 3.63) is 0 Å². The van der Waals surface area contributed by atoms with Gasteiger partial charge in [0, 0.05) is 6.26 Å². The minimum atomic E-state index is -3.46. The van der Waals surface area contributed by atoms with Crippen LogP contribution in [0.4, 0.5) is 0 Å². The Morgan fingerprint density at radius 1 is 1.47 bits per heavy atom. The molecule has 0 radical (unpaired) electrons. The monoisotopic (exact) mass is 237 g/mol. The Hall–Kier alpha value is -0.620. The van der Waals surface area contributed by atoms with Crippen LogP contribution in [0.3, 0.4) is 0 Å². The largest absolute Gasteiger partial charge is 0.394 e. The van der Waals surface area contributed by atoms with Crippen LogP contribution in [0.15, 0.2) is 0 Å². The van der Waals surface area contributed by atoms with Crippen LogP contribution in [-0.2, 0) is 14.6 Å². The summed E-state index contributed by atoms with van der Waals surface area (Å²) in [4.78, 5) is 11.6. The molecule has 0 aromatic heterocycles. The average Bonchev–Trinajstić information content (AvgIpc) is 2.11. The van der Waals surface area contributed by atoms with Gasteiger partial charge in [-0.05, 0) is 20.3 Å². The Bertz CT molecular complexity index is 317. The molecule has 0 saturated carbocycles. The molecule has 0 aliphatic rings. The summed E-state index contributed by atoms with van der Waals surface area (Å²) in [6.45, 7) is 4.31. The van der Waals surface area contributed by atoms with Gasteiger partial charge in [-0.3, -0.25) is 4.79 Å². The van der Waals surface area contributed by atoms with Gasteiger partial charge in [0.2, 0.25) is 5.91 Å². The Kier molecular flexibility index (Phi) is 4.73. The Morgan fingerprint density at radius 3 is 2.20 bits per heavy atom. The van der Waals surface area contributed by atoms with Crippen LogP contribution < -0.4 is 5.32 Å². The highest BCUT2D eigenvalue weighted by Gasteiger charge is 2.38. The number of nitrogens with one attached hydrogen (secondary N) is 1. The van der Waals surface area contributed by atoms with Crippen molar-refractivity contribution in [1.29, 1.82) is 0 Å². The van der Waals surface area contributed by atoms with E-state index in [1.165, 1.54) is 13.8 Å². The Labute approximate surface area is 90.8 Å². The van der Waals surface area contributed by atoms with Gasteiger partial charge in [0.15, 0.2) is 9.84 Å². The first-order valence-corrected chi connectivity index (χ1v) is 6.67. The van der Waals surface area contributed by atoms with Crippen LogP contribution in [-0.4, -0.2) is 43.1 Å². The molecule has 0 rings (SSSR count). The van der Waals surface area contributed by atoms with Gasteiger partial charge in [-0.2, -0.15) is 0 Å². The molecule has 0 heterocycles. The zero-order valence-corrected chi connectivity index (χ0v) is 10.4. The Balaban J connectivity index is 4.73. The van der Waals surface area contributed by atoms with Crippen molar-refractivity contribution in [3.63, 3.8) is 0 Å². The van der Waals surface area contributed by atoms with Crippen molar-refractivity contribution < 1.29 is 18.3 Å². The number of carbonyl (C=O) groups is 1. The molecule has 0 aromatic rings. The van der Waals surface area contributed by atoms with Gasteiger partial charge in [-0.1, -0.05) is 6.92 Å². The van der Waals surface area contributed by atoms with Crippen molar-refractivity contribution >= 4 is 15.7 Å². The lowest BCUT2D eigenvalue weighted by atomic mass is 10.1. The molecule has 1 amide bonds. The summed E-state index contributed by atoms with van der Waals surface area (Å²) in [5.74, 6) is -0.578. The molecule has 0 saturated heterocycles. The number of hydrogen-bond donors (Lipinski definition) is 2. The van der Waals surface area contributed by atoms with Crippen LogP contribution in [0.2, 0.25) is 0 Å². The second-order valence-electron chi connectivity index (χ2n) is 4.04. The van der Waals surface area contributed by atoms with Crippen LogP contribution in [0.1, 0.15) is 27.2 Å². The second kappa shape index (κ2) is 4.94. The fourth-order valence-corrected chi connectivity index (χ4v) is 1.20. The van der Waals surface area contributed by atoms with Gasteiger partial charge >= 0.3 is 0 Å². The first-order chi connectivity index (χ1) is 6.66. The zero-order chi connectivity index (χ0) is 12.3. The van der Waals surface area contributed by atoms with Gasteiger partial charge in [0.25, 0.3) is 0 Å². The molecular weight excluding hydrogens is 218 g/mol. The lowest BCUT2D eigenvalue weighted by Crippen LogP contribution is -2.51. The van der Waals surface area contributed by atoms with E-state index in [0.29, 0.717) is 6.42 Å². The molecule has 0 aromatic carbocycles. The maximum absolute atomic E-state index is 11.6. The van der Waals surface area contributed by atoms with Crippen LogP contribution >= 0.6 is 0 Å². The standard InChI is InChI=1S/C9H19NO4S/c1-5-7(6-11)10-8(12)9(2,3)15(4,13)14/h7,11H,5-6H2,1-4H3,(H,10,12). The highest BCUT2D eigenvalue weighted by Crippen LogP contribution is 2.15. The minimum absolute atomic E-state index is 0.192. The topological polar surface area (TPSA) is 83.5 Å². The molecule has 0 aliphatic heterocycles. The maximum Gasteiger partial charge on any atom is 0.241 e. The summed E-state index contributed by atoms with van der Waals surface area (Å²) in [6, 6.07) is -0.390. The lowest BCUT2D eigenvalue weighted by molar-refractivity contribution is -0.123. The molecule has 1 atom stereocenters. The van der Waals surface area contributed by atoms with Gasteiger partial charge in [-0.15, -0.1) is 0 Å². The second-order valence-corrected chi connectivity index (χ2v) is 6.61. The van der Waals surface area contributed by atoms with Gasteiger partial charge in [0.05, 0.1) is 12.6 Å². The summed E-state index contributed by atoms with van der Waals surface area (Å²) < 4.78 is 21.2. The van der Waals surface area contributed by atoms with E-state index in [0.717, 1.165) is 6.26 Å². The zero-order valence-electron chi connectivity index (χ0n) is 9.57. The summed E-state index contributed by atoms with van der Waals surface area (Å²) >= 11 is 0. The third-order valence-electron chi connectivity index (χ3n) is 2.52. The maximum atomic E-state index is 11.6. The first kappa shape index (κ1) is 14.4. The quantitative estimate of drug-likeness (QED) is 0.687. The lowest BCUT2D eigenvalue weighted by Gasteiger charge is -2.24. The smallest absolute Gasteiger partial charge is 0.241 e. The highest BCUT2D eigenvalue weighted by atomic mass is 32.2. The molecular formula is C9H19NO4S. The van der Waals surface area contributed by atoms with Crippen molar-refractivity contribution in [2.45, 2.75) is 38.0 Å². The number of aliphatic hydroxyl groups is 1. The normalized spacial score (nSPS) is 14.7. The summed E-state index contributed by atoms with van der Waals surface area (Å²) in [7, 11) is -3.46. The number of rotatable bonds is 5. The van der Waals surface area contributed by atoms with E-state index < -0.39 is 26.5 Å². The molecule has 0 bridgehead atoms. The number of amides is 1. The number of sulfone groups is 1. The van der Waals surface area contributed by atoms with Crippen molar-refractivity contribution in [2.24, 2.45) is 0 Å². The molecule has 90 valence electrons. The molecule has 2 N–H and O–H groups in total. The van der Waals surface area contributed by atoms with Crippen molar-refractivity contribution in [3.8, 4) is 0 Å². The van der Waals surface area contributed by atoms with Crippen molar-refractivity contribution in [2.75, 3.05) is 12.9 Å². The summed E-state index contributed by atoms with van der Waals surface area (Å²) in [5.41, 5.74) is 0. The van der Waals surface area contributed by atoms with E-state index in [2.05, 4.69) is 5.32 Å². The fourth-order valence-electron chi connectivity index (χ4n) is 0.804. The number of carbonyl (C=O) groups excluding carboxylic acids is 1. The van der Waals surface area contributed by atoms with Gasteiger partial charge in [-0.25, -0.2) is 8.42 Å². The molecule has 6 heteroatoms. The van der Waals surface area contributed by atoms with E-state index >= 15 is 0 Å². The van der Waals surface area contributed by atoms with Crippen molar-refractivity contribution in [1.82, 2.24) is 5.32 Å². The minimum Gasteiger partial charge on any atom is -0.394 e. The predicted octanol–water partition coefficient (Wildman–Crippen LogP) is -0.303. The van der Waals surface area contributed by atoms with E-state index in [9.17, 15) is 13.2 Å². The van der Waals surface area contributed by atoms with E-state index in [1.54, 1.807) is 6.92 Å². The predicted molar refractivity (Wildman–Crippen MR) is 58.2 cm³/mol. The average molecular weight is 237 g/mol. The third kappa shape index (κ3) is 3.46. The summed E-state index contributed by atoms with van der Waals surface area (Å²) in [6.07, 6.45) is 1.58. The van der Waals surface area contributed by atoms with Gasteiger partial charge in [0.1, 0.15) is 4.75 Å². The van der Waals surface area contributed by atoms with Crippen LogP contribution in [0.25, 0.3) is 0 Å². The number of hydrogen-bond acceptors (Lipinski definition) is 4. The molecule has 5 nitrogen and oxygen atoms in total. The van der Waals surface area contributed by atoms with Gasteiger partial charge < -0.3 is 10.4 Å². The van der Waals surface area contributed by atoms with Crippen LogP contribution in [0, 0.1) is 0 Å². The molecule has 0 fully saturated rings. The molecule has 0 aliphatic carbocycles. The SMILES string of the molecule is CCC(CO)NC(=O)C(C)(C)S(C)(=O)=O. The van der Waals surface area contributed by atoms with Crippen LogP contribution in [0.5, 0.6) is 0 Å².